The van der Waals surface area contributed by atoms with Gasteiger partial charge in [0.1, 0.15) is 5.82 Å². The summed E-state index contributed by atoms with van der Waals surface area (Å²) in [6, 6.07) is 3.35. The molecule has 0 saturated heterocycles. The van der Waals surface area contributed by atoms with Crippen molar-refractivity contribution in [2.45, 2.75) is 0 Å². The van der Waals surface area contributed by atoms with E-state index in [1.807, 2.05) is 0 Å². The van der Waals surface area contributed by atoms with Crippen molar-refractivity contribution in [2.24, 2.45) is 0 Å². The van der Waals surface area contributed by atoms with Crippen molar-refractivity contribution in [2.75, 3.05) is 37.9 Å². The van der Waals surface area contributed by atoms with Gasteiger partial charge in [-0.05, 0) is 6.07 Å². The van der Waals surface area contributed by atoms with Gasteiger partial charge in [0.15, 0.2) is 0 Å². The Hall–Kier alpha value is -1.82. The Labute approximate surface area is 94.2 Å². The number of nitrogens with one attached hydrogen (secondary N) is 2. The van der Waals surface area contributed by atoms with E-state index in [-0.39, 0.29) is 12.5 Å². The molecule has 0 spiro atoms. The Morgan fingerprint density at radius 3 is 3.12 bits per heavy atom. The number of amides is 1. The van der Waals surface area contributed by atoms with Crippen molar-refractivity contribution in [3.05, 3.63) is 18.3 Å². The van der Waals surface area contributed by atoms with Gasteiger partial charge in [0, 0.05) is 31.6 Å². The molecule has 6 heteroatoms. The molecule has 6 nitrogen and oxygen atoms in total. The van der Waals surface area contributed by atoms with Crippen LogP contribution in [0.4, 0.5) is 11.5 Å². The van der Waals surface area contributed by atoms with Crippen LogP contribution in [-0.4, -0.2) is 37.7 Å². The maximum absolute atomic E-state index is 11.3. The highest BCUT2D eigenvalue weighted by molar-refractivity contribution is 5.80. The standard InChI is InChI=1S/C10H16N4O2/c1-16-5-4-13-10(15)7-14-9-6-8(11)2-3-12-9/h2-3,6H,4-5,7H2,1H3,(H,13,15)(H3,11,12,14). The Morgan fingerprint density at radius 1 is 1.62 bits per heavy atom. The summed E-state index contributed by atoms with van der Waals surface area (Å²) in [6.45, 7) is 1.17. The summed E-state index contributed by atoms with van der Waals surface area (Å²) < 4.78 is 4.81. The lowest BCUT2D eigenvalue weighted by molar-refractivity contribution is -0.119. The predicted octanol–water partition coefficient (Wildman–Crippen LogP) is -0.162. The monoisotopic (exact) mass is 224 g/mol. The molecule has 0 unspecified atom stereocenters. The lowest BCUT2D eigenvalue weighted by Gasteiger charge is -2.06. The molecular formula is C10H16N4O2. The number of carbonyl (C=O) groups excluding carboxylic acids is 1. The molecule has 1 amide bonds. The Morgan fingerprint density at radius 2 is 2.44 bits per heavy atom. The number of hydrogen-bond donors (Lipinski definition) is 3. The molecule has 0 aliphatic heterocycles. The molecule has 0 saturated carbocycles. The molecular weight excluding hydrogens is 208 g/mol. The van der Waals surface area contributed by atoms with Crippen LogP contribution in [0, 0.1) is 0 Å². The fraction of sp³-hybridized carbons (Fsp3) is 0.400. The van der Waals surface area contributed by atoms with E-state index in [9.17, 15) is 4.79 Å². The Balaban J connectivity index is 2.26. The molecule has 0 aliphatic carbocycles. The summed E-state index contributed by atoms with van der Waals surface area (Å²) in [5.74, 6) is 0.475. The highest BCUT2D eigenvalue weighted by Crippen LogP contribution is 2.06. The molecule has 0 aliphatic rings. The van der Waals surface area contributed by atoms with Crippen molar-refractivity contribution in [3.8, 4) is 0 Å². The average molecular weight is 224 g/mol. The minimum Gasteiger partial charge on any atom is -0.399 e. The SMILES string of the molecule is COCCNC(=O)CNc1cc(N)ccn1. The third kappa shape index (κ3) is 4.61. The fourth-order valence-electron chi connectivity index (χ4n) is 1.07. The van der Waals surface area contributed by atoms with Crippen LogP contribution < -0.4 is 16.4 Å². The summed E-state index contributed by atoms with van der Waals surface area (Å²) in [6.07, 6.45) is 1.58. The number of ether oxygens (including phenoxy) is 1. The minimum absolute atomic E-state index is 0.110. The highest BCUT2D eigenvalue weighted by atomic mass is 16.5. The molecule has 1 aromatic heterocycles. The largest absolute Gasteiger partial charge is 0.399 e. The first-order chi connectivity index (χ1) is 7.72. The first-order valence-corrected chi connectivity index (χ1v) is 4.93. The molecule has 16 heavy (non-hydrogen) atoms. The maximum atomic E-state index is 11.3. The van der Waals surface area contributed by atoms with Crippen LogP contribution in [0.15, 0.2) is 18.3 Å². The quantitative estimate of drug-likeness (QED) is 0.584. The van der Waals surface area contributed by atoms with Crippen molar-refractivity contribution in [3.63, 3.8) is 0 Å². The van der Waals surface area contributed by atoms with Crippen molar-refractivity contribution in [1.29, 1.82) is 0 Å². The molecule has 0 radical (unpaired) electrons. The van der Waals surface area contributed by atoms with Crippen molar-refractivity contribution >= 4 is 17.4 Å². The van der Waals surface area contributed by atoms with E-state index in [0.29, 0.717) is 24.7 Å². The third-order valence-corrected chi connectivity index (χ3v) is 1.84. The van der Waals surface area contributed by atoms with Gasteiger partial charge in [-0.1, -0.05) is 0 Å². The number of hydrogen-bond acceptors (Lipinski definition) is 5. The molecule has 1 heterocycles. The van der Waals surface area contributed by atoms with Gasteiger partial charge >= 0.3 is 0 Å². The highest BCUT2D eigenvalue weighted by Gasteiger charge is 2.00. The molecule has 0 fully saturated rings. The average Bonchev–Trinajstić information content (AvgIpc) is 2.27. The van der Waals surface area contributed by atoms with Gasteiger partial charge < -0.3 is 21.1 Å². The topological polar surface area (TPSA) is 89.3 Å². The van der Waals surface area contributed by atoms with Crippen LogP contribution in [0.5, 0.6) is 0 Å². The molecule has 1 aromatic rings. The molecule has 1 rings (SSSR count). The minimum atomic E-state index is -0.110. The lowest BCUT2D eigenvalue weighted by atomic mass is 10.4. The van der Waals surface area contributed by atoms with E-state index in [4.69, 9.17) is 10.5 Å². The molecule has 88 valence electrons. The second-order valence-corrected chi connectivity index (χ2v) is 3.17. The van der Waals surface area contributed by atoms with Crippen LogP contribution in [0.3, 0.4) is 0 Å². The van der Waals surface area contributed by atoms with E-state index in [0.717, 1.165) is 0 Å². The van der Waals surface area contributed by atoms with Gasteiger partial charge in [-0.25, -0.2) is 4.98 Å². The summed E-state index contributed by atoms with van der Waals surface area (Å²) in [5.41, 5.74) is 6.17. The number of rotatable bonds is 6. The van der Waals surface area contributed by atoms with Crippen LogP contribution in [0.25, 0.3) is 0 Å². The normalized spacial score (nSPS) is 9.81. The summed E-state index contributed by atoms with van der Waals surface area (Å²) >= 11 is 0. The van der Waals surface area contributed by atoms with Gasteiger partial charge in [-0.3, -0.25) is 4.79 Å². The number of anilines is 2. The second kappa shape index (κ2) is 6.62. The van der Waals surface area contributed by atoms with Crippen LogP contribution in [0.1, 0.15) is 0 Å². The molecule has 4 N–H and O–H groups in total. The van der Waals surface area contributed by atoms with E-state index >= 15 is 0 Å². The number of pyridine rings is 1. The zero-order valence-corrected chi connectivity index (χ0v) is 9.19. The first kappa shape index (κ1) is 12.3. The zero-order valence-electron chi connectivity index (χ0n) is 9.19. The Bertz CT molecular complexity index is 343. The van der Waals surface area contributed by atoms with Gasteiger partial charge in [0.25, 0.3) is 0 Å². The van der Waals surface area contributed by atoms with Gasteiger partial charge in [0.05, 0.1) is 13.2 Å². The fourth-order valence-corrected chi connectivity index (χ4v) is 1.07. The van der Waals surface area contributed by atoms with E-state index in [2.05, 4.69) is 15.6 Å². The number of nitrogen functional groups attached to an aromatic ring is 1. The van der Waals surface area contributed by atoms with E-state index in [1.165, 1.54) is 0 Å². The van der Waals surface area contributed by atoms with Crippen LogP contribution >= 0.6 is 0 Å². The van der Waals surface area contributed by atoms with Crippen molar-refractivity contribution in [1.82, 2.24) is 10.3 Å². The molecule has 0 bridgehead atoms. The van der Waals surface area contributed by atoms with Gasteiger partial charge in [-0.15, -0.1) is 0 Å². The number of methoxy groups -OCH3 is 1. The van der Waals surface area contributed by atoms with Crippen LogP contribution in [-0.2, 0) is 9.53 Å². The molecule has 0 aromatic carbocycles. The second-order valence-electron chi connectivity index (χ2n) is 3.17. The van der Waals surface area contributed by atoms with Crippen molar-refractivity contribution < 1.29 is 9.53 Å². The summed E-state index contributed by atoms with van der Waals surface area (Å²) in [4.78, 5) is 15.3. The first-order valence-electron chi connectivity index (χ1n) is 4.93. The number of aromatic nitrogens is 1. The van der Waals surface area contributed by atoms with Crippen LogP contribution in [0.2, 0.25) is 0 Å². The van der Waals surface area contributed by atoms with E-state index < -0.39 is 0 Å². The summed E-state index contributed by atoms with van der Waals surface area (Å²) in [7, 11) is 1.58. The molecule has 0 atom stereocenters. The number of nitrogens with zero attached hydrogens (tertiary/aromatic N) is 1. The number of carbonyl (C=O) groups is 1. The third-order valence-electron chi connectivity index (χ3n) is 1.84. The zero-order chi connectivity index (χ0) is 11.8. The predicted molar refractivity (Wildman–Crippen MR) is 62.0 cm³/mol. The van der Waals surface area contributed by atoms with E-state index in [1.54, 1.807) is 25.4 Å². The summed E-state index contributed by atoms with van der Waals surface area (Å²) in [5, 5.41) is 5.55. The maximum Gasteiger partial charge on any atom is 0.239 e. The van der Waals surface area contributed by atoms with Gasteiger partial charge in [0.2, 0.25) is 5.91 Å². The number of nitrogens with two attached hydrogens (primary N) is 1. The Kier molecular flexibility index (Phi) is 5.07. The van der Waals surface area contributed by atoms with Gasteiger partial charge in [-0.2, -0.15) is 0 Å². The smallest absolute Gasteiger partial charge is 0.239 e. The lowest BCUT2D eigenvalue weighted by Crippen LogP contribution is -2.32.